The van der Waals surface area contributed by atoms with Gasteiger partial charge in [-0.1, -0.05) is 30.6 Å². The van der Waals surface area contributed by atoms with Crippen molar-refractivity contribution in [1.82, 2.24) is 10.3 Å². The molecule has 0 saturated heterocycles. The number of halogens is 1. The van der Waals surface area contributed by atoms with Crippen LogP contribution in [0.4, 0.5) is 5.13 Å². The number of anilines is 1. The van der Waals surface area contributed by atoms with E-state index >= 15 is 0 Å². The fourth-order valence-electron chi connectivity index (χ4n) is 2.53. The average molecular weight is 332 g/mol. The average Bonchev–Trinajstić information content (AvgIpc) is 2.75. The van der Waals surface area contributed by atoms with Crippen LogP contribution < -0.4 is 10.6 Å². The van der Waals surface area contributed by atoms with Crippen molar-refractivity contribution in [2.24, 2.45) is 0 Å². The van der Waals surface area contributed by atoms with Crippen molar-refractivity contribution in [3.8, 4) is 0 Å². The molecular weight excluding hydrogens is 314 g/mol. The van der Waals surface area contributed by atoms with E-state index in [1.165, 1.54) is 30.6 Å². The predicted molar refractivity (Wildman–Crippen MR) is 77.9 cm³/mol. The number of carbonyl (C=O) groups is 1. The van der Waals surface area contributed by atoms with E-state index in [1.807, 2.05) is 7.05 Å². The van der Waals surface area contributed by atoms with Crippen LogP contribution in [-0.2, 0) is 4.79 Å². The number of hydrogen-bond donors (Lipinski definition) is 2. The molecule has 1 fully saturated rings. The molecule has 0 unspecified atom stereocenters. The van der Waals surface area contributed by atoms with Gasteiger partial charge >= 0.3 is 0 Å². The molecule has 6 heteroatoms. The molecule has 0 aliphatic heterocycles. The van der Waals surface area contributed by atoms with Crippen LogP contribution in [0.25, 0.3) is 0 Å². The first kappa shape index (κ1) is 14.0. The summed E-state index contributed by atoms with van der Waals surface area (Å²) in [4.78, 5) is 16.2. The Morgan fingerprint density at radius 1 is 1.50 bits per heavy atom. The van der Waals surface area contributed by atoms with Gasteiger partial charge < -0.3 is 10.6 Å². The number of thiazole rings is 1. The van der Waals surface area contributed by atoms with E-state index in [9.17, 15) is 4.79 Å². The lowest BCUT2D eigenvalue weighted by Crippen LogP contribution is -2.47. The highest BCUT2D eigenvalue weighted by Gasteiger charge is 2.32. The van der Waals surface area contributed by atoms with Crippen molar-refractivity contribution in [1.29, 1.82) is 0 Å². The van der Waals surface area contributed by atoms with Crippen LogP contribution in [0, 0.1) is 0 Å². The molecule has 0 radical (unpaired) electrons. The number of aromatic nitrogens is 1. The lowest BCUT2D eigenvalue weighted by Gasteiger charge is -2.36. The number of nitrogens with zero attached hydrogens (tertiary/aromatic N) is 1. The standard InChI is InChI=1S/C12H18BrN3OS/c1-14-12(5-3-2-4-6-12)7-10(17)16-11-15-8-9(13)18-11/h8,14H,2-7H2,1H3,(H,15,16,17). The van der Waals surface area contributed by atoms with Crippen LogP contribution in [0.5, 0.6) is 0 Å². The van der Waals surface area contributed by atoms with Crippen LogP contribution >= 0.6 is 27.3 Å². The van der Waals surface area contributed by atoms with Crippen LogP contribution in [0.1, 0.15) is 38.5 Å². The van der Waals surface area contributed by atoms with Crippen molar-refractivity contribution in [2.45, 2.75) is 44.1 Å². The lowest BCUT2D eigenvalue weighted by molar-refractivity contribution is -0.117. The van der Waals surface area contributed by atoms with Crippen LogP contribution in [0.2, 0.25) is 0 Å². The fraction of sp³-hybridized carbons (Fsp3) is 0.667. The Labute approximate surface area is 120 Å². The summed E-state index contributed by atoms with van der Waals surface area (Å²) in [6.45, 7) is 0. The second kappa shape index (κ2) is 6.12. The van der Waals surface area contributed by atoms with Gasteiger partial charge in [0, 0.05) is 12.0 Å². The van der Waals surface area contributed by atoms with Crippen molar-refractivity contribution >= 4 is 38.3 Å². The third-order valence-electron chi connectivity index (χ3n) is 3.56. The summed E-state index contributed by atoms with van der Waals surface area (Å²) in [5, 5.41) is 6.88. The van der Waals surface area contributed by atoms with Gasteiger partial charge in [-0.3, -0.25) is 4.79 Å². The van der Waals surface area contributed by atoms with E-state index in [0.29, 0.717) is 11.6 Å². The summed E-state index contributed by atoms with van der Waals surface area (Å²) in [5.41, 5.74) is -0.0170. The Morgan fingerprint density at radius 2 is 2.22 bits per heavy atom. The highest BCUT2D eigenvalue weighted by atomic mass is 79.9. The minimum absolute atomic E-state index is 0.0170. The Kier molecular flexibility index (Phi) is 4.75. The van der Waals surface area contributed by atoms with Crippen LogP contribution in [0.3, 0.4) is 0 Å². The van der Waals surface area contributed by atoms with Gasteiger partial charge in [-0.15, -0.1) is 0 Å². The lowest BCUT2D eigenvalue weighted by atomic mass is 9.79. The minimum atomic E-state index is -0.0170. The Hall–Kier alpha value is -0.460. The molecule has 0 spiro atoms. The molecule has 0 atom stereocenters. The minimum Gasteiger partial charge on any atom is -0.314 e. The molecule has 100 valence electrons. The molecule has 1 amide bonds. The maximum atomic E-state index is 12.1. The summed E-state index contributed by atoms with van der Waals surface area (Å²) in [7, 11) is 1.96. The van der Waals surface area contributed by atoms with E-state index < -0.39 is 0 Å². The van der Waals surface area contributed by atoms with Crippen molar-refractivity contribution < 1.29 is 4.79 Å². The van der Waals surface area contributed by atoms with E-state index in [2.05, 4.69) is 31.5 Å². The molecule has 1 aromatic rings. The predicted octanol–water partition coefficient (Wildman–Crippen LogP) is 3.16. The molecule has 1 saturated carbocycles. The van der Waals surface area contributed by atoms with Gasteiger partial charge in [0.2, 0.25) is 5.91 Å². The quantitative estimate of drug-likeness (QED) is 0.891. The zero-order valence-corrected chi connectivity index (χ0v) is 12.9. The SMILES string of the molecule is CNC1(CC(=O)Nc2ncc(Br)s2)CCCCC1. The third-order valence-corrected chi connectivity index (χ3v) is 4.96. The molecule has 1 aliphatic rings. The van der Waals surface area contributed by atoms with Gasteiger partial charge in [-0.2, -0.15) is 0 Å². The summed E-state index contributed by atoms with van der Waals surface area (Å²) in [6, 6.07) is 0. The van der Waals surface area contributed by atoms with E-state index in [4.69, 9.17) is 0 Å². The van der Waals surface area contributed by atoms with Gasteiger partial charge in [0.25, 0.3) is 0 Å². The highest BCUT2D eigenvalue weighted by Crippen LogP contribution is 2.31. The highest BCUT2D eigenvalue weighted by molar-refractivity contribution is 9.11. The van der Waals surface area contributed by atoms with Gasteiger partial charge in [0.1, 0.15) is 0 Å². The Morgan fingerprint density at radius 3 is 2.78 bits per heavy atom. The number of carbonyl (C=O) groups excluding carboxylic acids is 1. The third kappa shape index (κ3) is 3.52. The summed E-state index contributed by atoms with van der Waals surface area (Å²) < 4.78 is 0.929. The molecule has 1 heterocycles. The summed E-state index contributed by atoms with van der Waals surface area (Å²) in [6.07, 6.45) is 8.09. The van der Waals surface area contributed by atoms with E-state index in [-0.39, 0.29) is 11.4 Å². The molecule has 4 nitrogen and oxygen atoms in total. The van der Waals surface area contributed by atoms with Crippen molar-refractivity contribution in [2.75, 3.05) is 12.4 Å². The molecular formula is C12H18BrN3OS. The summed E-state index contributed by atoms with van der Waals surface area (Å²) in [5.74, 6) is 0.0492. The van der Waals surface area contributed by atoms with E-state index in [0.717, 1.165) is 16.6 Å². The smallest absolute Gasteiger partial charge is 0.228 e. The number of amides is 1. The van der Waals surface area contributed by atoms with Gasteiger partial charge in [0.05, 0.1) is 9.98 Å². The zero-order valence-electron chi connectivity index (χ0n) is 10.5. The topological polar surface area (TPSA) is 54.0 Å². The van der Waals surface area contributed by atoms with Gasteiger partial charge in [-0.05, 0) is 35.8 Å². The monoisotopic (exact) mass is 331 g/mol. The number of hydrogen-bond acceptors (Lipinski definition) is 4. The first-order valence-electron chi connectivity index (χ1n) is 6.24. The van der Waals surface area contributed by atoms with E-state index in [1.54, 1.807) is 6.20 Å². The van der Waals surface area contributed by atoms with Gasteiger partial charge in [-0.25, -0.2) is 4.98 Å². The largest absolute Gasteiger partial charge is 0.314 e. The summed E-state index contributed by atoms with van der Waals surface area (Å²) >= 11 is 4.77. The van der Waals surface area contributed by atoms with Crippen LogP contribution in [-0.4, -0.2) is 23.5 Å². The zero-order chi connectivity index (χ0) is 13.0. The molecule has 18 heavy (non-hydrogen) atoms. The van der Waals surface area contributed by atoms with Gasteiger partial charge in [0.15, 0.2) is 5.13 Å². The maximum Gasteiger partial charge on any atom is 0.228 e. The maximum absolute atomic E-state index is 12.1. The van der Waals surface area contributed by atoms with Crippen LogP contribution in [0.15, 0.2) is 9.98 Å². The fourth-order valence-corrected chi connectivity index (χ4v) is 3.65. The Bertz CT molecular complexity index is 415. The Balaban J connectivity index is 1.93. The normalized spacial score (nSPS) is 18.6. The molecule has 2 rings (SSSR count). The molecule has 0 bridgehead atoms. The molecule has 0 aromatic carbocycles. The van der Waals surface area contributed by atoms with Crippen molar-refractivity contribution in [3.63, 3.8) is 0 Å². The number of nitrogens with one attached hydrogen (secondary N) is 2. The second-order valence-corrected chi connectivity index (χ2v) is 7.20. The first-order chi connectivity index (χ1) is 8.63. The molecule has 1 aliphatic carbocycles. The van der Waals surface area contributed by atoms with Crippen molar-refractivity contribution in [3.05, 3.63) is 9.98 Å². The second-order valence-electron chi connectivity index (χ2n) is 4.79. The number of rotatable bonds is 4. The molecule has 1 aromatic heterocycles. The molecule has 2 N–H and O–H groups in total. The first-order valence-corrected chi connectivity index (χ1v) is 7.85.